The van der Waals surface area contributed by atoms with Crippen LogP contribution in [-0.2, 0) is 9.47 Å². The maximum atomic E-state index is 11.7. The standard InChI is InChI=1S/C22H37N5O4.HI/c1-22(2,3)31-21(28)25-11-10-24-20(23-4)26-16-19(27-12-14-30-15-13-27)17-6-8-18(29-5)9-7-17;/h6-9,19H,10-16H2,1-5H3,(H,25,28)(H2,23,24,26);1H. The van der Waals surface area contributed by atoms with Crippen LogP contribution >= 0.6 is 24.0 Å². The van der Waals surface area contributed by atoms with Gasteiger partial charge in [-0.1, -0.05) is 12.1 Å². The van der Waals surface area contributed by atoms with Gasteiger partial charge in [-0.05, 0) is 38.5 Å². The van der Waals surface area contributed by atoms with E-state index in [2.05, 4.69) is 38.0 Å². The minimum absolute atomic E-state index is 0. The fourth-order valence-corrected chi connectivity index (χ4v) is 3.25. The van der Waals surface area contributed by atoms with Crippen LogP contribution in [0.4, 0.5) is 4.79 Å². The van der Waals surface area contributed by atoms with Crippen molar-refractivity contribution < 1.29 is 19.0 Å². The number of ether oxygens (including phenoxy) is 3. The molecular formula is C22H38IN5O4. The van der Waals surface area contributed by atoms with Crippen molar-refractivity contribution in [3.63, 3.8) is 0 Å². The lowest BCUT2D eigenvalue weighted by atomic mass is 10.0. The van der Waals surface area contributed by atoms with Crippen molar-refractivity contribution in [2.75, 3.05) is 60.1 Å². The summed E-state index contributed by atoms with van der Waals surface area (Å²) < 4.78 is 16.0. The predicted molar refractivity (Wildman–Crippen MR) is 137 cm³/mol. The van der Waals surface area contributed by atoms with E-state index in [4.69, 9.17) is 14.2 Å². The number of aliphatic imine (C=N–C) groups is 1. The number of alkyl carbamates (subject to hydrolysis) is 1. The van der Waals surface area contributed by atoms with Gasteiger partial charge in [0.2, 0.25) is 0 Å². The van der Waals surface area contributed by atoms with Crippen LogP contribution in [0.5, 0.6) is 5.75 Å². The number of guanidine groups is 1. The Morgan fingerprint density at radius 2 is 1.75 bits per heavy atom. The molecule has 0 spiro atoms. The molecule has 1 amide bonds. The Morgan fingerprint density at radius 3 is 2.31 bits per heavy atom. The number of hydrogen-bond donors (Lipinski definition) is 3. The molecule has 0 aliphatic carbocycles. The quantitative estimate of drug-likeness (QED) is 0.194. The lowest BCUT2D eigenvalue weighted by molar-refractivity contribution is 0.0170. The number of benzene rings is 1. The van der Waals surface area contributed by atoms with Gasteiger partial charge in [-0.15, -0.1) is 24.0 Å². The second kappa shape index (κ2) is 14.4. The average molecular weight is 563 g/mol. The molecule has 0 bridgehead atoms. The third kappa shape index (κ3) is 10.2. The van der Waals surface area contributed by atoms with Crippen molar-refractivity contribution >= 4 is 36.0 Å². The summed E-state index contributed by atoms with van der Waals surface area (Å²) in [4.78, 5) is 18.4. The van der Waals surface area contributed by atoms with E-state index >= 15 is 0 Å². The van der Waals surface area contributed by atoms with Gasteiger partial charge < -0.3 is 30.2 Å². The number of morpholine rings is 1. The van der Waals surface area contributed by atoms with Crippen molar-refractivity contribution in [2.45, 2.75) is 32.4 Å². The smallest absolute Gasteiger partial charge is 0.407 e. The molecule has 9 nitrogen and oxygen atoms in total. The van der Waals surface area contributed by atoms with Crippen molar-refractivity contribution in [1.29, 1.82) is 0 Å². The summed E-state index contributed by atoms with van der Waals surface area (Å²) in [7, 11) is 3.40. The largest absolute Gasteiger partial charge is 0.497 e. The molecular weight excluding hydrogens is 525 g/mol. The summed E-state index contributed by atoms with van der Waals surface area (Å²) in [6.07, 6.45) is -0.427. The zero-order valence-electron chi connectivity index (χ0n) is 19.8. The van der Waals surface area contributed by atoms with Crippen LogP contribution in [-0.4, -0.2) is 82.6 Å². The summed E-state index contributed by atoms with van der Waals surface area (Å²) in [5.41, 5.74) is 0.697. The Labute approximate surface area is 208 Å². The van der Waals surface area contributed by atoms with Crippen LogP contribution in [0.3, 0.4) is 0 Å². The van der Waals surface area contributed by atoms with Crippen LogP contribution in [0.15, 0.2) is 29.3 Å². The number of nitrogens with one attached hydrogen (secondary N) is 3. The van der Waals surface area contributed by atoms with Crippen LogP contribution < -0.4 is 20.7 Å². The van der Waals surface area contributed by atoms with E-state index in [1.165, 1.54) is 5.56 Å². The van der Waals surface area contributed by atoms with Gasteiger partial charge in [0.05, 0.1) is 26.4 Å². The van der Waals surface area contributed by atoms with Crippen LogP contribution in [0, 0.1) is 0 Å². The van der Waals surface area contributed by atoms with Gasteiger partial charge in [0.15, 0.2) is 5.96 Å². The van der Waals surface area contributed by atoms with Gasteiger partial charge in [0, 0.05) is 39.8 Å². The molecule has 10 heteroatoms. The molecule has 0 aromatic heterocycles. The average Bonchev–Trinajstić information content (AvgIpc) is 2.75. The molecule has 3 N–H and O–H groups in total. The Morgan fingerprint density at radius 1 is 1.12 bits per heavy atom. The topological polar surface area (TPSA) is 96.5 Å². The summed E-state index contributed by atoms with van der Waals surface area (Å²) in [5, 5.41) is 9.35. The van der Waals surface area contributed by atoms with Crippen LogP contribution in [0.1, 0.15) is 32.4 Å². The third-order valence-electron chi connectivity index (χ3n) is 4.76. The first kappa shape index (κ1) is 28.2. The first-order valence-electron chi connectivity index (χ1n) is 10.7. The zero-order chi connectivity index (χ0) is 22.7. The highest BCUT2D eigenvalue weighted by Crippen LogP contribution is 2.23. The minimum Gasteiger partial charge on any atom is -0.497 e. The first-order valence-corrected chi connectivity index (χ1v) is 10.7. The molecule has 2 rings (SSSR count). The molecule has 1 aliphatic rings. The van der Waals surface area contributed by atoms with Gasteiger partial charge in [-0.25, -0.2) is 4.79 Å². The number of nitrogens with zero attached hydrogens (tertiary/aromatic N) is 2. The molecule has 32 heavy (non-hydrogen) atoms. The second-order valence-corrected chi connectivity index (χ2v) is 8.25. The van der Waals surface area contributed by atoms with E-state index in [0.29, 0.717) is 25.6 Å². The molecule has 1 aromatic rings. The molecule has 1 atom stereocenters. The molecule has 1 unspecified atom stereocenters. The predicted octanol–water partition coefficient (Wildman–Crippen LogP) is 2.38. The number of hydrogen-bond acceptors (Lipinski definition) is 6. The monoisotopic (exact) mass is 563 g/mol. The summed E-state index contributed by atoms with van der Waals surface area (Å²) >= 11 is 0. The summed E-state index contributed by atoms with van der Waals surface area (Å²) in [6, 6.07) is 8.34. The number of amides is 1. The minimum atomic E-state index is -0.509. The van der Waals surface area contributed by atoms with Gasteiger partial charge in [-0.3, -0.25) is 9.89 Å². The Kier molecular flexibility index (Phi) is 12.7. The van der Waals surface area contributed by atoms with E-state index in [1.807, 2.05) is 32.9 Å². The van der Waals surface area contributed by atoms with Gasteiger partial charge >= 0.3 is 6.09 Å². The first-order chi connectivity index (χ1) is 14.8. The van der Waals surface area contributed by atoms with Crippen LogP contribution in [0.25, 0.3) is 0 Å². The SMILES string of the molecule is CN=C(NCCNC(=O)OC(C)(C)C)NCC(c1ccc(OC)cc1)N1CCOCC1.I. The number of methoxy groups -OCH3 is 1. The fourth-order valence-electron chi connectivity index (χ4n) is 3.25. The van der Waals surface area contributed by atoms with Crippen molar-refractivity contribution in [2.24, 2.45) is 4.99 Å². The maximum Gasteiger partial charge on any atom is 0.407 e. The van der Waals surface area contributed by atoms with Crippen LogP contribution in [0.2, 0.25) is 0 Å². The van der Waals surface area contributed by atoms with E-state index < -0.39 is 11.7 Å². The highest BCUT2D eigenvalue weighted by Gasteiger charge is 2.23. The number of carbonyl (C=O) groups is 1. The van der Waals surface area contributed by atoms with Gasteiger partial charge in [0.1, 0.15) is 11.4 Å². The number of rotatable bonds is 8. The number of carbonyl (C=O) groups excluding carboxylic acids is 1. The lowest BCUT2D eigenvalue weighted by Crippen LogP contribution is -2.47. The Hall–Kier alpha value is -1.79. The van der Waals surface area contributed by atoms with E-state index in [9.17, 15) is 4.79 Å². The summed E-state index contributed by atoms with van der Waals surface area (Å²) in [5.74, 6) is 1.52. The molecule has 0 radical (unpaired) electrons. The molecule has 0 saturated carbocycles. The zero-order valence-corrected chi connectivity index (χ0v) is 22.1. The third-order valence-corrected chi connectivity index (χ3v) is 4.76. The molecule has 1 fully saturated rings. The number of halogens is 1. The maximum absolute atomic E-state index is 11.7. The van der Waals surface area contributed by atoms with E-state index in [0.717, 1.165) is 32.1 Å². The van der Waals surface area contributed by atoms with Gasteiger partial charge in [-0.2, -0.15) is 0 Å². The fraction of sp³-hybridized carbons (Fsp3) is 0.636. The summed E-state index contributed by atoms with van der Waals surface area (Å²) in [6.45, 7) is 10.4. The molecule has 182 valence electrons. The molecule has 1 aromatic carbocycles. The molecule has 1 saturated heterocycles. The van der Waals surface area contributed by atoms with Crippen molar-refractivity contribution in [3.8, 4) is 5.75 Å². The Bertz CT molecular complexity index is 703. The molecule has 1 heterocycles. The Balaban J connectivity index is 0.00000512. The second-order valence-electron chi connectivity index (χ2n) is 8.25. The van der Waals surface area contributed by atoms with E-state index in [1.54, 1.807) is 14.2 Å². The highest BCUT2D eigenvalue weighted by atomic mass is 127. The molecule has 1 aliphatic heterocycles. The van der Waals surface area contributed by atoms with Crippen molar-refractivity contribution in [3.05, 3.63) is 29.8 Å². The van der Waals surface area contributed by atoms with Gasteiger partial charge in [0.25, 0.3) is 0 Å². The normalized spacial score (nSPS) is 15.8. The highest BCUT2D eigenvalue weighted by molar-refractivity contribution is 14.0. The van der Waals surface area contributed by atoms with Crippen molar-refractivity contribution in [1.82, 2.24) is 20.9 Å². The lowest BCUT2D eigenvalue weighted by Gasteiger charge is -2.35. The van der Waals surface area contributed by atoms with E-state index in [-0.39, 0.29) is 30.0 Å².